The third-order valence-electron chi connectivity index (χ3n) is 2.32. The molecule has 3 amide bonds. The number of amides is 3. The van der Waals surface area contributed by atoms with Crippen LogP contribution in [0.3, 0.4) is 0 Å². The van der Waals surface area contributed by atoms with Crippen LogP contribution in [0.1, 0.15) is 17.3 Å². The number of carbonyl (C=O) groups excluding carboxylic acids is 3. The van der Waals surface area contributed by atoms with E-state index in [1.54, 1.807) is 25.1 Å². The molecule has 0 aliphatic rings. The lowest BCUT2D eigenvalue weighted by molar-refractivity contribution is -0.123. The lowest BCUT2D eigenvalue weighted by Crippen LogP contribution is -2.41. The van der Waals surface area contributed by atoms with Crippen molar-refractivity contribution in [1.82, 2.24) is 10.6 Å². The second kappa shape index (κ2) is 8.53. The third kappa shape index (κ3) is 5.65. The summed E-state index contributed by atoms with van der Waals surface area (Å²) in [5.41, 5.74) is 0.175. The first-order valence-corrected chi connectivity index (χ1v) is 7.66. The molecule has 21 heavy (non-hydrogen) atoms. The van der Waals surface area contributed by atoms with Gasteiger partial charge >= 0.3 is 12.0 Å². The van der Waals surface area contributed by atoms with E-state index >= 15 is 0 Å². The molecule has 0 fully saturated rings. The Kier molecular flexibility index (Phi) is 7.04. The van der Waals surface area contributed by atoms with E-state index < -0.39 is 24.5 Å². The molecule has 0 atom stereocenters. The van der Waals surface area contributed by atoms with Gasteiger partial charge in [0, 0.05) is 11.4 Å². The molecule has 0 unspecified atom stereocenters. The highest BCUT2D eigenvalue weighted by molar-refractivity contribution is 7.98. The Balaban J connectivity index is 2.58. The third-order valence-corrected chi connectivity index (χ3v) is 3.37. The van der Waals surface area contributed by atoms with Crippen molar-refractivity contribution in [2.24, 2.45) is 0 Å². The maximum atomic E-state index is 11.9. The van der Waals surface area contributed by atoms with Crippen LogP contribution in [-0.4, -0.2) is 37.3 Å². The molecule has 0 aliphatic carbocycles. The molecule has 114 valence electrons. The summed E-state index contributed by atoms with van der Waals surface area (Å²) in [7, 11) is 0. The number of hydrogen-bond acceptors (Lipinski definition) is 5. The van der Waals surface area contributed by atoms with Crippen LogP contribution in [0, 0.1) is 0 Å². The Bertz CT molecular complexity index is 551. The fraction of sp³-hybridized carbons (Fsp3) is 0.308. The molecule has 1 aromatic carbocycles. The highest BCUT2D eigenvalue weighted by atomic mass is 35.5. The smallest absolute Gasteiger partial charge is 0.340 e. The number of hydrogen-bond donors (Lipinski definition) is 2. The first-order valence-electron chi connectivity index (χ1n) is 6.06. The van der Waals surface area contributed by atoms with Crippen molar-refractivity contribution < 1.29 is 19.1 Å². The van der Waals surface area contributed by atoms with Crippen LogP contribution in [0.4, 0.5) is 4.79 Å². The second-order valence-corrected chi connectivity index (χ2v) is 5.12. The molecule has 0 spiro atoms. The van der Waals surface area contributed by atoms with Gasteiger partial charge in [-0.2, -0.15) is 0 Å². The number of nitrogens with one attached hydrogen (secondary N) is 2. The summed E-state index contributed by atoms with van der Waals surface area (Å²) in [6.07, 6.45) is 1.86. The lowest BCUT2D eigenvalue weighted by atomic mass is 10.2. The van der Waals surface area contributed by atoms with Gasteiger partial charge in [-0.05, 0) is 31.4 Å². The fourth-order valence-electron chi connectivity index (χ4n) is 1.36. The lowest BCUT2D eigenvalue weighted by Gasteiger charge is -2.08. The van der Waals surface area contributed by atoms with E-state index in [0.717, 1.165) is 4.90 Å². The number of thioether (sulfide) groups is 1. The summed E-state index contributed by atoms with van der Waals surface area (Å²) in [6.45, 7) is 1.54. The van der Waals surface area contributed by atoms with Gasteiger partial charge in [0.05, 0.1) is 10.6 Å². The molecule has 0 aromatic heterocycles. The normalized spacial score (nSPS) is 9.86. The van der Waals surface area contributed by atoms with Crippen molar-refractivity contribution in [3.05, 3.63) is 28.8 Å². The van der Waals surface area contributed by atoms with Gasteiger partial charge in [0.25, 0.3) is 5.91 Å². The van der Waals surface area contributed by atoms with Crippen LogP contribution in [0.15, 0.2) is 23.1 Å². The Morgan fingerprint density at radius 1 is 1.33 bits per heavy atom. The van der Waals surface area contributed by atoms with Gasteiger partial charge in [0.1, 0.15) is 0 Å². The van der Waals surface area contributed by atoms with Gasteiger partial charge in [0.2, 0.25) is 0 Å². The Hall–Kier alpha value is -1.73. The summed E-state index contributed by atoms with van der Waals surface area (Å²) >= 11 is 7.36. The molecule has 1 rings (SSSR count). The molecular formula is C13H15ClN2O4S. The average Bonchev–Trinajstić information content (AvgIpc) is 2.45. The molecule has 8 heteroatoms. The summed E-state index contributed by atoms with van der Waals surface area (Å²) in [4.78, 5) is 35.2. The molecule has 0 saturated carbocycles. The average molecular weight is 331 g/mol. The van der Waals surface area contributed by atoms with Crippen LogP contribution in [0.5, 0.6) is 0 Å². The summed E-state index contributed by atoms with van der Waals surface area (Å²) < 4.78 is 4.82. The molecule has 0 aliphatic heterocycles. The number of esters is 1. The second-order valence-electron chi connectivity index (χ2n) is 3.83. The van der Waals surface area contributed by atoms with Gasteiger partial charge in [0.15, 0.2) is 6.61 Å². The Morgan fingerprint density at radius 3 is 2.67 bits per heavy atom. The van der Waals surface area contributed by atoms with E-state index in [1.165, 1.54) is 11.8 Å². The maximum absolute atomic E-state index is 11.9. The Morgan fingerprint density at radius 2 is 2.05 bits per heavy atom. The minimum Gasteiger partial charge on any atom is -0.452 e. The van der Waals surface area contributed by atoms with Crippen molar-refractivity contribution >= 4 is 41.3 Å². The van der Waals surface area contributed by atoms with Crippen LogP contribution in [-0.2, 0) is 9.53 Å². The van der Waals surface area contributed by atoms with E-state index in [-0.39, 0.29) is 10.6 Å². The van der Waals surface area contributed by atoms with Gasteiger partial charge in [-0.25, -0.2) is 9.59 Å². The zero-order chi connectivity index (χ0) is 15.8. The zero-order valence-electron chi connectivity index (χ0n) is 11.6. The largest absolute Gasteiger partial charge is 0.452 e. The number of ether oxygens (including phenoxy) is 1. The standard InChI is InChI=1S/C13H15ClN2O4S/c1-3-15-13(19)16-11(17)7-20-12(18)9-6-8(21-2)4-5-10(9)14/h4-6H,3,7H2,1-2H3,(H2,15,16,17,19). The predicted molar refractivity (Wildman–Crippen MR) is 80.7 cm³/mol. The van der Waals surface area contributed by atoms with Crippen molar-refractivity contribution in [3.63, 3.8) is 0 Å². The van der Waals surface area contributed by atoms with E-state index in [0.29, 0.717) is 6.54 Å². The quantitative estimate of drug-likeness (QED) is 0.637. The summed E-state index contributed by atoms with van der Waals surface area (Å²) in [5, 5.41) is 4.64. The van der Waals surface area contributed by atoms with Gasteiger partial charge < -0.3 is 10.1 Å². The molecule has 0 heterocycles. The van der Waals surface area contributed by atoms with Crippen molar-refractivity contribution in [1.29, 1.82) is 0 Å². The number of halogens is 1. The molecule has 2 N–H and O–H groups in total. The summed E-state index contributed by atoms with van der Waals surface area (Å²) in [5.74, 6) is -1.44. The van der Waals surface area contributed by atoms with Crippen molar-refractivity contribution in [3.8, 4) is 0 Å². The van der Waals surface area contributed by atoms with Crippen molar-refractivity contribution in [2.45, 2.75) is 11.8 Å². The molecule has 0 saturated heterocycles. The topological polar surface area (TPSA) is 84.5 Å². The number of rotatable bonds is 5. The number of urea groups is 1. The molecule has 1 aromatic rings. The minimum absolute atomic E-state index is 0.175. The van der Waals surface area contributed by atoms with Gasteiger partial charge in [-0.1, -0.05) is 11.6 Å². The van der Waals surface area contributed by atoms with Crippen LogP contribution in [0.2, 0.25) is 5.02 Å². The van der Waals surface area contributed by atoms with Crippen molar-refractivity contribution in [2.75, 3.05) is 19.4 Å². The number of imide groups is 1. The van der Waals surface area contributed by atoms with Crippen LogP contribution >= 0.6 is 23.4 Å². The molecule has 6 nitrogen and oxygen atoms in total. The number of carbonyl (C=O) groups is 3. The SMILES string of the molecule is CCNC(=O)NC(=O)COC(=O)c1cc(SC)ccc1Cl. The van der Waals surface area contributed by atoms with Gasteiger partial charge in [-0.3, -0.25) is 10.1 Å². The van der Waals surface area contributed by atoms with Gasteiger partial charge in [-0.15, -0.1) is 11.8 Å². The van der Waals surface area contributed by atoms with Crippen LogP contribution in [0.25, 0.3) is 0 Å². The first kappa shape index (κ1) is 17.3. The molecular weight excluding hydrogens is 316 g/mol. The highest BCUT2D eigenvalue weighted by Gasteiger charge is 2.15. The predicted octanol–water partition coefficient (Wildman–Crippen LogP) is 2.06. The molecule has 0 radical (unpaired) electrons. The fourth-order valence-corrected chi connectivity index (χ4v) is 2.00. The zero-order valence-corrected chi connectivity index (χ0v) is 13.1. The monoisotopic (exact) mass is 330 g/mol. The number of benzene rings is 1. The van der Waals surface area contributed by atoms with Crippen LogP contribution < -0.4 is 10.6 Å². The maximum Gasteiger partial charge on any atom is 0.340 e. The van der Waals surface area contributed by atoms with E-state index in [9.17, 15) is 14.4 Å². The molecule has 0 bridgehead atoms. The van der Waals surface area contributed by atoms with E-state index in [4.69, 9.17) is 16.3 Å². The first-order chi connectivity index (χ1) is 9.97. The Labute approximate surface area is 131 Å². The summed E-state index contributed by atoms with van der Waals surface area (Å²) in [6, 6.07) is 4.29. The minimum atomic E-state index is -0.720. The highest BCUT2D eigenvalue weighted by Crippen LogP contribution is 2.23. The van der Waals surface area contributed by atoms with E-state index in [1.807, 2.05) is 11.6 Å². The van der Waals surface area contributed by atoms with E-state index in [2.05, 4.69) is 5.32 Å².